The van der Waals surface area contributed by atoms with Gasteiger partial charge in [-0.3, -0.25) is 15.4 Å². The van der Waals surface area contributed by atoms with Crippen LogP contribution >= 0.6 is 0 Å². The molecule has 0 aromatic heterocycles. The van der Waals surface area contributed by atoms with E-state index in [2.05, 4.69) is 29.0 Å². The molecule has 0 spiro atoms. The third-order valence-corrected chi connectivity index (χ3v) is 9.04. The van der Waals surface area contributed by atoms with Crippen molar-refractivity contribution in [3.63, 3.8) is 0 Å². The molecule has 2 radical (unpaired) electrons. The zero-order chi connectivity index (χ0) is 35.3. The van der Waals surface area contributed by atoms with Crippen LogP contribution < -0.4 is 11.2 Å². The molecule has 13 heteroatoms. The molecule has 1 fully saturated rings. The summed E-state index contributed by atoms with van der Waals surface area (Å²) in [5, 5.41) is 4.42. The molecule has 0 aromatic rings. The number of carbonyl (C=O) groups is 4. The van der Waals surface area contributed by atoms with Crippen LogP contribution in [-0.2, 0) is 23.9 Å². The monoisotopic (exact) mass is 709 g/mol. The number of amides is 2. The van der Waals surface area contributed by atoms with Gasteiger partial charge in [-0.25, -0.2) is 5.01 Å². The summed E-state index contributed by atoms with van der Waals surface area (Å²) in [7, 11) is 3.95. The molecule has 0 unspecified atom stereocenters. The number of hydrogen-bond acceptors (Lipinski definition) is 10. The molecule has 1 atom stereocenters. The number of carbonyl (C=O) groups excluding carboxylic acids is 4. The number of piperazine rings is 1. The second-order valence-electron chi connectivity index (χ2n) is 14.3. The van der Waals surface area contributed by atoms with Gasteiger partial charge in [-0.15, -0.1) is 0 Å². The second-order valence-corrected chi connectivity index (χ2v) is 16.2. The summed E-state index contributed by atoms with van der Waals surface area (Å²) in [4.78, 5) is 55.1. The molecule has 0 saturated carbocycles. The van der Waals surface area contributed by atoms with Crippen LogP contribution in [0.2, 0.25) is 4.47 Å². The van der Waals surface area contributed by atoms with Gasteiger partial charge in [-0.1, -0.05) is 27.7 Å². The van der Waals surface area contributed by atoms with Crippen LogP contribution in [0.4, 0.5) is 0 Å². The Kier molecular flexibility index (Phi) is 23.2. The molecule has 46 heavy (non-hydrogen) atoms. The normalized spacial score (nSPS) is 15.1. The summed E-state index contributed by atoms with van der Waals surface area (Å²) >= 11 is 1.50. The molecule has 2 amide bonds. The molecule has 1 heterocycles. The van der Waals surface area contributed by atoms with E-state index in [0.29, 0.717) is 71.6 Å². The first-order valence-corrected chi connectivity index (χ1v) is 18.3. The summed E-state index contributed by atoms with van der Waals surface area (Å²) in [6.45, 7) is 24.8. The van der Waals surface area contributed by atoms with E-state index in [1.807, 2.05) is 58.5 Å². The Hall–Kier alpha value is -1.32. The van der Waals surface area contributed by atoms with Crippen molar-refractivity contribution in [1.29, 1.82) is 0 Å². The van der Waals surface area contributed by atoms with Crippen LogP contribution in [0.5, 0.6) is 0 Å². The van der Waals surface area contributed by atoms with Crippen LogP contribution in [0.1, 0.15) is 67.7 Å². The first-order valence-electron chi connectivity index (χ1n) is 16.9. The first kappa shape index (κ1) is 44.7. The number of hydrazine groups is 1. The molecule has 1 aliphatic heterocycles. The SMILES string of the molecule is CC(C)(CNC=O)COCC(C)(C)CC(=O)N1CCN(N)CC1.CCN(C)CC(=O)C[C@H]([Ga])CC(=O)CN(C)CCN(CC)CC. The Morgan fingerprint density at radius 3 is 1.89 bits per heavy atom. The minimum absolute atomic E-state index is 0.127. The zero-order valence-corrected chi connectivity index (χ0v) is 33.0. The third kappa shape index (κ3) is 22.3. The summed E-state index contributed by atoms with van der Waals surface area (Å²) < 4.78 is 6.01. The van der Waals surface area contributed by atoms with Crippen LogP contribution in [0.25, 0.3) is 0 Å². The molecule has 1 rings (SSSR count). The van der Waals surface area contributed by atoms with E-state index in [1.165, 1.54) is 18.6 Å². The zero-order valence-electron chi connectivity index (χ0n) is 30.6. The van der Waals surface area contributed by atoms with Gasteiger partial charge in [0.15, 0.2) is 0 Å². The van der Waals surface area contributed by atoms with E-state index in [0.717, 1.165) is 45.8 Å². The van der Waals surface area contributed by atoms with Crippen molar-refractivity contribution < 1.29 is 23.9 Å². The van der Waals surface area contributed by atoms with Gasteiger partial charge in [0, 0.05) is 44.6 Å². The molecule has 3 N–H and O–H groups in total. The van der Waals surface area contributed by atoms with E-state index in [4.69, 9.17) is 10.6 Å². The van der Waals surface area contributed by atoms with E-state index in [9.17, 15) is 19.2 Å². The fourth-order valence-electron chi connectivity index (χ4n) is 4.95. The third-order valence-electron chi connectivity index (χ3n) is 8.05. The molecule has 1 aliphatic rings. The van der Waals surface area contributed by atoms with E-state index in [-0.39, 0.29) is 32.8 Å². The number of nitrogens with one attached hydrogen (secondary N) is 1. The van der Waals surface area contributed by atoms with Gasteiger partial charge >= 0.3 is 152 Å². The van der Waals surface area contributed by atoms with E-state index in [1.54, 1.807) is 5.01 Å². The minimum atomic E-state index is -0.217. The predicted octanol–water partition coefficient (Wildman–Crippen LogP) is 1.30. The van der Waals surface area contributed by atoms with Crippen molar-refractivity contribution in [3.8, 4) is 0 Å². The maximum absolute atomic E-state index is 12.4. The Morgan fingerprint density at radius 2 is 1.39 bits per heavy atom. The first-order chi connectivity index (χ1) is 21.5. The second kappa shape index (κ2) is 23.9. The Bertz CT molecular complexity index is 880. The number of ether oxygens (including phenoxy) is 1. The molecule has 0 bridgehead atoms. The van der Waals surface area contributed by atoms with Crippen molar-refractivity contribution in [2.45, 2.75) is 72.2 Å². The van der Waals surface area contributed by atoms with Crippen molar-refractivity contribution >= 4 is 42.5 Å². The molecule has 0 aromatic carbocycles. The summed E-state index contributed by atoms with van der Waals surface area (Å²) in [6, 6.07) is 0. The number of rotatable bonds is 23. The molecular weight excluding hydrogens is 644 g/mol. The van der Waals surface area contributed by atoms with Gasteiger partial charge in [-0.05, 0) is 5.41 Å². The number of Topliss-reactive ketones (excluding diaryl/α,β-unsaturated/α-hetero) is 2. The Labute approximate surface area is 290 Å². The quantitative estimate of drug-likeness (QED) is 0.0910. The van der Waals surface area contributed by atoms with Crippen molar-refractivity contribution in [2.75, 3.05) is 106 Å². The molecule has 266 valence electrons. The molecule has 1 saturated heterocycles. The number of likely N-dealkylation sites (N-methyl/N-ethyl adjacent to an activating group) is 3. The summed E-state index contributed by atoms with van der Waals surface area (Å²) in [5.74, 6) is 6.36. The maximum atomic E-state index is 12.4. The predicted molar refractivity (Wildman–Crippen MR) is 187 cm³/mol. The van der Waals surface area contributed by atoms with E-state index < -0.39 is 0 Å². The van der Waals surface area contributed by atoms with Crippen molar-refractivity contribution in [2.24, 2.45) is 16.7 Å². The average molecular weight is 711 g/mol. The number of ketones is 2. The topological polar surface area (TPSA) is 132 Å². The van der Waals surface area contributed by atoms with Crippen LogP contribution in [0.15, 0.2) is 0 Å². The molecular formula is C33H66GaN7O5. The summed E-state index contributed by atoms with van der Waals surface area (Å²) in [5.41, 5.74) is -0.344. The van der Waals surface area contributed by atoms with Crippen molar-refractivity contribution in [3.05, 3.63) is 0 Å². The average Bonchev–Trinajstić information content (AvgIpc) is 2.96. The van der Waals surface area contributed by atoms with Crippen LogP contribution in [0, 0.1) is 10.8 Å². The Morgan fingerprint density at radius 1 is 0.870 bits per heavy atom. The van der Waals surface area contributed by atoms with Gasteiger partial charge in [0.2, 0.25) is 12.3 Å². The molecule has 0 aliphatic carbocycles. The number of hydrogen-bond donors (Lipinski definition) is 2. The van der Waals surface area contributed by atoms with Crippen molar-refractivity contribution in [1.82, 2.24) is 29.9 Å². The number of nitrogens with zero attached hydrogens (tertiary/aromatic N) is 5. The van der Waals surface area contributed by atoms with Gasteiger partial charge in [0.1, 0.15) is 0 Å². The Balaban J connectivity index is 0.000000880. The van der Waals surface area contributed by atoms with Crippen LogP contribution in [0.3, 0.4) is 0 Å². The van der Waals surface area contributed by atoms with E-state index >= 15 is 0 Å². The summed E-state index contributed by atoms with van der Waals surface area (Å²) in [6.07, 6.45) is 2.21. The van der Waals surface area contributed by atoms with Gasteiger partial charge < -0.3 is 15.0 Å². The fraction of sp³-hybridized carbons (Fsp3) is 0.879. The number of nitrogens with two attached hydrogens (primary N) is 1. The molecule has 12 nitrogen and oxygen atoms in total. The fourth-order valence-corrected chi connectivity index (χ4v) is 6.05. The van der Waals surface area contributed by atoms with Gasteiger partial charge in [-0.2, -0.15) is 0 Å². The van der Waals surface area contributed by atoms with Crippen LogP contribution in [-0.4, -0.2) is 173 Å². The van der Waals surface area contributed by atoms with Gasteiger partial charge in [0.25, 0.3) is 0 Å². The van der Waals surface area contributed by atoms with Gasteiger partial charge in [0.05, 0.1) is 13.2 Å². The standard InChI is InChI=1S/C17H34N3O2.C16H32N4O3.Ga/c1-6-18(4)14-16(21)10-9-11-17(22)15-19(5)12-13-20(7-2)8-3;1-15(2,11-23-12-16(3,4)10-18-13-21)9-14(22)19-5-7-20(17)8-6-19;/h9H,6-8,10-15H2,1-5H3;13H,5-12,17H2,1-4H3,(H,18,21);.